The van der Waals surface area contributed by atoms with Crippen LogP contribution >= 0.6 is 0 Å². The predicted molar refractivity (Wildman–Crippen MR) is 94.1 cm³/mol. The first-order valence-electron chi connectivity index (χ1n) is 9.04. The summed E-state index contributed by atoms with van der Waals surface area (Å²) in [6.07, 6.45) is 4.79. The van der Waals surface area contributed by atoms with Crippen molar-refractivity contribution in [3.8, 4) is 11.4 Å². The topological polar surface area (TPSA) is 79.9 Å². The van der Waals surface area contributed by atoms with Gasteiger partial charge < -0.3 is 10.1 Å². The van der Waals surface area contributed by atoms with Crippen LogP contribution in [-0.4, -0.2) is 39.8 Å². The van der Waals surface area contributed by atoms with Crippen LogP contribution in [0.25, 0.3) is 11.4 Å². The molecule has 0 unspecified atom stereocenters. The van der Waals surface area contributed by atoms with Gasteiger partial charge in [0.25, 0.3) is 5.91 Å². The van der Waals surface area contributed by atoms with Gasteiger partial charge in [0.05, 0.1) is 6.10 Å². The van der Waals surface area contributed by atoms with E-state index in [0.717, 1.165) is 37.3 Å². The average molecular weight is 340 g/mol. The largest absolute Gasteiger partial charge is 0.378 e. The number of carbonyl (C=O) groups is 1. The molecule has 0 aliphatic heterocycles. The summed E-state index contributed by atoms with van der Waals surface area (Å²) in [5, 5.41) is 10.2. The number of nitrogens with one attached hydrogen (secondary N) is 2. The van der Waals surface area contributed by atoms with Crippen LogP contribution in [0, 0.1) is 12.3 Å². The number of aryl methyl sites for hydroxylation is 1. The highest BCUT2D eigenvalue weighted by atomic mass is 16.5. The fourth-order valence-electron chi connectivity index (χ4n) is 4.12. The van der Waals surface area contributed by atoms with Gasteiger partial charge in [-0.25, -0.2) is 4.98 Å². The van der Waals surface area contributed by atoms with Gasteiger partial charge >= 0.3 is 0 Å². The molecule has 2 aliphatic rings. The van der Waals surface area contributed by atoms with Crippen LogP contribution in [0.4, 0.5) is 0 Å². The van der Waals surface area contributed by atoms with Crippen LogP contribution in [-0.2, 0) is 4.74 Å². The van der Waals surface area contributed by atoms with Gasteiger partial charge in [-0.3, -0.25) is 9.89 Å². The number of amides is 1. The van der Waals surface area contributed by atoms with E-state index in [1.54, 1.807) is 0 Å². The normalized spacial score (nSPS) is 23.8. The van der Waals surface area contributed by atoms with E-state index >= 15 is 0 Å². The quantitative estimate of drug-likeness (QED) is 0.877. The fourth-order valence-corrected chi connectivity index (χ4v) is 4.12. The lowest BCUT2D eigenvalue weighted by atomic mass is 9.51. The highest BCUT2D eigenvalue weighted by Crippen LogP contribution is 2.57. The zero-order valence-electron chi connectivity index (χ0n) is 14.7. The standard InChI is InChI=1S/C19H24N4O2/c1-3-25-16-11-15(19(16)9-4-10-19)21-18(24)14-7-5-13(6-8-14)17-20-12(2)22-23-17/h5-8,15-16H,3-4,9-11H2,1-2H3,(H,21,24)(H,20,22,23)/t15-,16-/m1/s1. The minimum absolute atomic E-state index is 0.0102. The Morgan fingerprint density at radius 1 is 1.36 bits per heavy atom. The molecule has 6 heteroatoms. The van der Waals surface area contributed by atoms with Crippen molar-refractivity contribution in [2.45, 2.75) is 51.7 Å². The first kappa shape index (κ1) is 16.3. The second-order valence-electron chi connectivity index (χ2n) is 7.11. The van der Waals surface area contributed by atoms with E-state index in [2.05, 4.69) is 20.5 Å². The lowest BCUT2D eigenvalue weighted by molar-refractivity contribution is -0.169. The Bertz CT molecular complexity index is 764. The molecule has 0 saturated heterocycles. The molecule has 25 heavy (non-hydrogen) atoms. The number of nitrogens with zero attached hydrogens (tertiary/aromatic N) is 2. The minimum Gasteiger partial charge on any atom is -0.378 e. The van der Waals surface area contributed by atoms with Crippen LogP contribution in [0.1, 0.15) is 48.8 Å². The second-order valence-corrected chi connectivity index (χ2v) is 7.11. The number of hydrogen-bond acceptors (Lipinski definition) is 4. The molecule has 1 aromatic heterocycles. The molecule has 2 fully saturated rings. The SMILES string of the molecule is CCO[C@@H]1C[C@@H](NC(=O)c2ccc(-c3n[nH]c(C)n3)cc2)C12CCC2. The van der Waals surface area contributed by atoms with Crippen molar-refractivity contribution in [1.29, 1.82) is 0 Å². The third kappa shape index (κ3) is 2.74. The summed E-state index contributed by atoms with van der Waals surface area (Å²) in [4.78, 5) is 16.9. The van der Waals surface area contributed by atoms with E-state index < -0.39 is 0 Å². The maximum Gasteiger partial charge on any atom is 0.251 e. The Morgan fingerprint density at radius 3 is 2.68 bits per heavy atom. The van der Waals surface area contributed by atoms with E-state index in [0.29, 0.717) is 17.5 Å². The van der Waals surface area contributed by atoms with Gasteiger partial charge in [-0.15, -0.1) is 0 Å². The summed E-state index contributed by atoms with van der Waals surface area (Å²) in [5.41, 5.74) is 1.75. The molecule has 2 atom stereocenters. The van der Waals surface area contributed by atoms with Crippen molar-refractivity contribution in [2.75, 3.05) is 6.61 Å². The number of aromatic nitrogens is 3. The number of rotatable bonds is 5. The molecular formula is C19H24N4O2. The zero-order chi connectivity index (χ0) is 17.4. The van der Waals surface area contributed by atoms with Gasteiger partial charge in [0.15, 0.2) is 5.82 Å². The van der Waals surface area contributed by atoms with Crippen LogP contribution in [0.3, 0.4) is 0 Å². The highest BCUT2D eigenvalue weighted by molar-refractivity contribution is 5.95. The van der Waals surface area contributed by atoms with Gasteiger partial charge in [-0.2, -0.15) is 5.10 Å². The maximum atomic E-state index is 12.6. The summed E-state index contributed by atoms with van der Waals surface area (Å²) in [6, 6.07) is 7.69. The van der Waals surface area contributed by atoms with Gasteiger partial charge in [0.2, 0.25) is 0 Å². The third-order valence-electron chi connectivity index (χ3n) is 5.75. The molecule has 6 nitrogen and oxygen atoms in total. The summed E-state index contributed by atoms with van der Waals surface area (Å²) in [5.74, 6) is 1.41. The summed E-state index contributed by atoms with van der Waals surface area (Å²) < 4.78 is 5.85. The Hall–Kier alpha value is -2.21. The van der Waals surface area contributed by atoms with Crippen molar-refractivity contribution in [2.24, 2.45) is 5.41 Å². The summed E-state index contributed by atoms with van der Waals surface area (Å²) >= 11 is 0. The van der Waals surface area contributed by atoms with Gasteiger partial charge in [-0.05, 0) is 45.2 Å². The van der Waals surface area contributed by atoms with Crippen LogP contribution < -0.4 is 5.32 Å². The van der Waals surface area contributed by atoms with Gasteiger partial charge in [0, 0.05) is 29.2 Å². The van der Waals surface area contributed by atoms with Crippen LogP contribution in [0.5, 0.6) is 0 Å². The first-order valence-corrected chi connectivity index (χ1v) is 9.04. The summed E-state index contributed by atoms with van der Waals surface area (Å²) in [6.45, 7) is 4.65. The maximum absolute atomic E-state index is 12.6. The monoisotopic (exact) mass is 340 g/mol. The Labute approximate surface area is 147 Å². The van der Waals surface area contributed by atoms with E-state index in [9.17, 15) is 4.79 Å². The molecule has 1 spiro atoms. The molecule has 2 saturated carbocycles. The zero-order valence-corrected chi connectivity index (χ0v) is 14.7. The minimum atomic E-state index is -0.0102. The number of benzene rings is 1. The molecule has 2 aliphatic carbocycles. The molecule has 0 radical (unpaired) electrons. The van der Waals surface area contributed by atoms with Gasteiger partial charge in [-0.1, -0.05) is 18.6 Å². The predicted octanol–water partition coefficient (Wildman–Crippen LogP) is 2.86. The molecule has 0 bridgehead atoms. The van der Waals surface area contributed by atoms with Crippen LogP contribution in [0.2, 0.25) is 0 Å². The fraction of sp³-hybridized carbons (Fsp3) is 0.526. The van der Waals surface area contributed by atoms with Crippen molar-refractivity contribution in [3.63, 3.8) is 0 Å². The number of carbonyl (C=O) groups excluding carboxylic acids is 1. The molecule has 1 heterocycles. The van der Waals surface area contributed by atoms with E-state index in [-0.39, 0.29) is 17.4 Å². The number of aromatic amines is 1. The first-order chi connectivity index (χ1) is 12.1. The highest BCUT2D eigenvalue weighted by Gasteiger charge is 2.59. The lowest BCUT2D eigenvalue weighted by Crippen LogP contribution is -2.67. The number of H-pyrrole nitrogens is 1. The average Bonchev–Trinajstić information content (AvgIpc) is 2.99. The molecular weight excluding hydrogens is 316 g/mol. The molecule has 2 aromatic rings. The lowest BCUT2D eigenvalue weighted by Gasteiger charge is -2.61. The van der Waals surface area contributed by atoms with Gasteiger partial charge in [0.1, 0.15) is 5.82 Å². The van der Waals surface area contributed by atoms with E-state index in [1.165, 1.54) is 6.42 Å². The molecule has 1 aromatic carbocycles. The Balaban J connectivity index is 1.42. The smallest absolute Gasteiger partial charge is 0.251 e. The molecule has 132 valence electrons. The number of ether oxygens (including phenoxy) is 1. The van der Waals surface area contributed by atoms with Crippen molar-refractivity contribution in [1.82, 2.24) is 20.5 Å². The third-order valence-corrected chi connectivity index (χ3v) is 5.75. The molecule has 2 N–H and O–H groups in total. The molecule has 4 rings (SSSR count). The van der Waals surface area contributed by atoms with Crippen molar-refractivity contribution in [3.05, 3.63) is 35.7 Å². The van der Waals surface area contributed by atoms with Crippen LogP contribution in [0.15, 0.2) is 24.3 Å². The summed E-state index contributed by atoms with van der Waals surface area (Å²) in [7, 11) is 0. The van der Waals surface area contributed by atoms with Crippen molar-refractivity contribution >= 4 is 5.91 Å². The number of hydrogen-bond donors (Lipinski definition) is 2. The Morgan fingerprint density at radius 2 is 2.12 bits per heavy atom. The Kier molecular flexibility index (Phi) is 4.07. The van der Waals surface area contributed by atoms with E-state index in [1.807, 2.05) is 38.1 Å². The van der Waals surface area contributed by atoms with E-state index in [4.69, 9.17) is 4.74 Å². The molecule has 1 amide bonds. The van der Waals surface area contributed by atoms with Crippen molar-refractivity contribution < 1.29 is 9.53 Å². The second kappa shape index (κ2) is 6.26.